The number of urea groups is 1. The quantitative estimate of drug-likeness (QED) is 0.809. The van der Waals surface area contributed by atoms with Crippen molar-refractivity contribution in [2.24, 2.45) is 5.92 Å². The Labute approximate surface area is 112 Å². The van der Waals surface area contributed by atoms with E-state index >= 15 is 0 Å². The fourth-order valence-electron chi connectivity index (χ4n) is 1.70. The van der Waals surface area contributed by atoms with Crippen LogP contribution in [-0.2, 0) is 0 Å². The summed E-state index contributed by atoms with van der Waals surface area (Å²) in [6.45, 7) is 1.10. The third-order valence-electron chi connectivity index (χ3n) is 2.95. The van der Waals surface area contributed by atoms with Crippen LogP contribution < -0.4 is 5.32 Å². The Morgan fingerprint density at radius 2 is 2.16 bits per heavy atom. The number of pyridine rings is 1. The van der Waals surface area contributed by atoms with Gasteiger partial charge in [-0.25, -0.2) is 9.78 Å². The number of carbonyl (C=O) groups excluding carboxylic acids is 1. The van der Waals surface area contributed by atoms with Gasteiger partial charge in [-0.05, 0) is 18.6 Å². The van der Waals surface area contributed by atoms with E-state index in [-0.39, 0.29) is 18.2 Å². The number of carbonyl (C=O) groups is 1. The van der Waals surface area contributed by atoms with Crippen molar-refractivity contribution in [2.45, 2.75) is 13.1 Å². The van der Waals surface area contributed by atoms with E-state index in [1.54, 1.807) is 13.0 Å². The molecule has 1 aliphatic rings. The first-order valence-corrected chi connectivity index (χ1v) is 5.90. The third kappa shape index (κ3) is 3.09. The third-order valence-corrected chi connectivity index (χ3v) is 3.16. The lowest BCUT2D eigenvalue weighted by Crippen LogP contribution is -2.56. The standard InChI is InChI=1S/C11H11ClF3N3O/c1-6-2-9(12)16-3-8(6)17-10(19)18-4-7(5-18)11(13,14)15/h2-3,7H,4-5H2,1H3,(H,17,19). The summed E-state index contributed by atoms with van der Waals surface area (Å²) in [6, 6.07) is 0.999. The van der Waals surface area contributed by atoms with Crippen molar-refractivity contribution < 1.29 is 18.0 Å². The highest BCUT2D eigenvalue weighted by Gasteiger charge is 2.48. The van der Waals surface area contributed by atoms with Gasteiger partial charge in [0.15, 0.2) is 0 Å². The molecule has 0 aliphatic carbocycles. The summed E-state index contributed by atoms with van der Waals surface area (Å²) in [5.41, 5.74) is 1.13. The fraction of sp³-hybridized carbons (Fsp3) is 0.455. The van der Waals surface area contributed by atoms with Crippen molar-refractivity contribution in [1.82, 2.24) is 9.88 Å². The van der Waals surface area contributed by atoms with Crippen LogP contribution in [0.4, 0.5) is 23.7 Å². The molecule has 1 aromatic rings. The van der Waals surface area contributed by atoms with Gasteiger partial charge in [0, 0.05) is 13.1 Å². The zero-order valence-corrected chi connectivity index (χ0v) is 10.7. The maximum absolute atomic E-state index is 12.3. The number of aryl methyl sites for hydroxylation is 1. The van der Waals surface area contributed by atoms with E-state index < -0.39 is 18.1 Å². The van der Waals surface area contributed by atoms with Crippen LogP contribution in [0.5, 0.6) is 0 Å². The van der Waals surface area contributed by atoms with Crippen LogP contribution in [0.15, 0.2) is 12.3 Å². The molecule has 1 N–H and O–H groups in total. The molecule has 0 aromatic carbocycles. The molecular formula is C11H11ClF3N3O. The highest BCUT2D eigenvalue weighted by molar-refractivity contribution is 6.29. The Bertz CT molecular complexity index is 500. The van der Waals surface area contributed by atoms with Crippen LogP contribution in [0.2, 0.25) is 5.15 Å². The number of nitrogens with zero attached hydrogens (tertiary/aromatic N) is 2. The number of hydrogen-bond donors (Lipinski definition) is 1. The Balaban J connectivity index is 1.93. The molecule has 0 saturated carbocycles. The Kier molecular flexibility index (Phi) is 3.58. The summed E-state index contributed by atoms with van der Waals surface area (Å²) in [6.07, 6.45) is -2.87. The SMILES string of the molecule is Cc1cc(Cl)ncc1NC(=O)N1CC(C(F)(F)F)C1. The molecule has 0 atom stereocenters. The van der Waals surface area contributed by atoms with E-state index in [1.807, 2.05) is 0 Å². The van der Waals surface area contributed by atoms with Gasteiger partial charge in [-0.1, -0.05) is 11.6 Å². The van der Waals surface area contributed by atoms with Gasteiger partial charge >= 0.3 is 12.2 Å². The van der Waals surface area contributed by atoms with Crippen LogP contribution >= 0.6 is 11.6 Å². The van der Waals surface area contributed by atoms with Crippen LogP contribution in [0.1, 0.15) is 5.56 Å². The van der Waals surface area contributed by atoms with Gasteiger partial charge in [0.2, 0.25) is 0 Å². The molecule has 104 valence electrons. The number of aromatic nitrogens is 1. The highest BCUT2D eigenvalue weighted by Crippen LogP contribution is 2.33. The molecule has 1 fully saturated rings. The van der Waals surface area contributed by atoms with Crippen LogP contribution in [0, 0.1) is 12.8 Å². The molecule has 0 bridgehead atoms. The van der Waals surface area contributed by atoms with E-state index in [9.17, 15) is 18.0 Å². The predicted molar refractivity (Wildman–Crippen MR) is 64.1 cm³/mol. The molecule has 1 aromatic heterocycles. The van der Waals surface area contributed by atoms with Gasteiger partial charge in [0.25, 0.3) is 0 Å². The predicted octanol–water partition coefficient (Wildman–Crippen LogP) is 3.07. The monoisotopic (exact) mass is 293 g/mol. The van der Waals surface area contributed by atoms with Crippen molar-refractivity contribution >= 4 is 23.3 Å². The summed E-state index contributed by atoms with van der Waals surface area (Å²) >= 11 is 5.66. The van der Waals surface area contributed by atoms with Gasteiger partial charge in [-0.3, -0.25) is 0 Å². The largest absolute Gasteiger partial charge is 0.395 e. The minimum Gasteiger partial charge on any atom is -0.323 e. The second kappa shape index (κ2) is 4.88. The zero-order valence-electron chi connectivity index (χ0n) is 9.96. The molecule has 0 radical (unpaired) electrons. The molecular weight excluding hydrogens is 283 g/mol. The van der Waals surface area contributed by atoms with Crippen LogP contribution in [-0.4, -0.2) is 35.2 Å². The first kappa shape index (κ1) is 13.9. The summed E-state index contributed by atoms with van der Waals surface area (Å²) in [5, 5.41) is 2.80. The number of hydrogen-bond acceptors (Lipinski definition) is 2. The van der Waals surface area contributed by atoms with E-state index in [2.05, 4.69) is 10.3 Å². The van der Waals surface area contributed by atoms with Crippen LogP contribution in [0.25, 0.3) is 0 Å². The maximum atomic E-state index is 12.3. The number of halogens is 4. The van der Waals surface area contributed by atoms with Gasteiger partial charge in [-0.15, -0.1) is 0 Å². The average Bonchev–Trinajstić information content (AvgIpc) is 2.17. The van der Waals surface area contributed by atoms with E-state index in [4.69, 9.17) is 11.6 Å². The first-order valence-electron chi connectivity index (χ1n) is 5.52. The number of amides is 2. The fourth-order valence-corrected chi connectivity index (χ4v) is 1.91. The minimum absolute atomic E-state index is 0.289. The van der Waals surface area contributed by atoms with Crippen molar-refractivity contribution in [1.29, 1.82) is 0 Å². The zero-order chi connectivity index (χ0) is 14.2. The highest BCUT2D eigenvalue weighted by atomic mass is 35.5. The molecule has 1 saturated heterocycles. The summed E-state index contributed by atoms with van der Waals surface area (Å²) in [7, 11) is 0. The summed E-state index contributed by atoms with van der Waals surface area (Å²) < 4.78 is 36.9. The number of likely N-dealkylation sites (tertiary alicyclic amines) is 1. The molecule has 2 heterocycles. The minimum atomic E-state index is -4.24. The number of rotatable bonds is 1. The van der Waals surface area contributed by atoms with E-state index in [1.165, 1.54) is 6.20 Å². The lowest BCUT2D eigenvalue weighted by atomic mass is 10.0. The van der Waals surface area contributed by atoms with Crippen molar-refractivity contribution in [3.8, 4) is 0 Å². The molecule has 1 aliphatic heterocycles. The molecule has 0 spiro atoms. The molecule has 4 nitrogen and oxygen atoms in total. The summed E-state index contributed by atoms with van der Waals surface area (Å²) in [4.78, 5) is 16.6. The van der Waals surface area contributed by atoms with Gasteiger partial charge in [0.1, 0.15) is 5.15 Å². The van der Waals surface area contributed by atoms with Crippen molar-refractivity contribution in [2.75, 3.05) is 18.4 Å². The first-order chi connectivity index (χ1) is 8.77. The molecule has 19 heavy (non-hydrogen) atoms. The lowest BCUT2D eigenvalue weighted by molar-refractivity contribution is -0.201. The lowest BCUT2D eigenvalue weighted by Gasteiger charge is -2.39. The topological polar surface area (TPSA) is 45.2 Å². The van der Waals surface area contributed by atoms with Crippen LogP contribution in [0.3, 0.4) is 0 Å². The Hall–Kier alpha value is -1.50. The molecule has 2 amide bonds. The van der Waals surface area contributed by atoms with Gasteiger partial charge in [-0.2, -0.15) is 13.2 Å². The number of anilines is 1. The van der Waals surface area contributed by atoms with E-state index in [0.29, 0.717) is 11.3 Å². The molecule has 2 rings (SSSR count). The second-order valence-corrected chi connectivity index (χ2v) is 4.78. The smallest absolute Gasteiger partial charge is 0.323 e. The average molecular weight is 294 g/mol. The van der Waals surface area contributed by atoms with Crippen molar-refractivity contribution in [3.05, 3.63) is 23.0 Å². The number of alkyl halides is 3. The molecule has 8 heteroatoms. The summed E-state index contributed by atoms with van der Waals surface area (Å²) in [5.74, 6) is -1.43. The maximum Gasteiger partial charge on any atom is 0.395 e. The van der Waals surface area contributed by atoms with Gasteiger partial charge < -0.3 is 10.2 Å². The van der Waals surface area contributed by atoms with E-state index in [0.717, 1.165) is 4.90 Å². The number of nitrogens with one attached hydrogen (secondary N) is 1. The Morgan fingerprint density at radius 3 is 2.68 bits per heavy atom. The van der Waals surface area contributed by atoms with Gasteiger partial charge in [0.05, 0.1) is 17.8 Å². The molecule has 0 unspecified atom stereocenters. The Morgan fingerprint density at radius 1 is 1.53 bits per heavy atom. The van der Waals surface area contributed by atoms with Crippen molar-refractivity contribution in [3.63, 3.8) is 0 Å². The second-order valence-electron chi connectivity index (χ2n) is 4.40. The normalized spacial score (nSPS) is 16.2.